The molecule has 1 amide bonds. The van der Waals surface area contributed by atoms with Gasteiger partial charge in [0.25, 0.3) is 0 Å². The van der Waals surface area contributed by atoms with Crippen molar-refractivity contribution in [3.63, 3.8) is 0 Å². The molecule has 52 valence electrons. The fourth-order valence-corrected chi connectivity index (χ4v) is 0.468. The number of nitrogens with zero attached hydrogens (tertiary/aromatic N) is 2. The van der Waals surface area contributed by atoms with Crippen LogP contribution in [0.2, 0.25) is 0 Å². The molecule has 0 rings (SSSR count). The van der Waals surface area contributed by atoms with Gasteiger partial charge < -0.3 is 0 Å². The van der Waals surface area contributed by atoms with Crippen molar-refractivity contribution in [3.05, 3.63) is 4.91 Å². The second-order valence-electron chi connectivity index (χ2n) is 1.72. The van der Waals surface area contributed by atoms with Gasteiger partial charge in [0.2, 0.25) is 5.91 Å². The molecule has 0 atom stereocenters. The first kappa shape index (κ1) is 8.07. The zero-order chi connectivity index (χ0) is 7.28. The van der Waals surface area contributed by atoms with Gasteiger partial charge in [-0.3, -0.25) is 4.79 Å². The molecule has 0 aromatic heterocycles. The highest BCUT2D eigenvalue weighted by atomic mass is 16.3. The summed E-state index contributed by atoms with van der Waals surface area (Å²) in [5.41, 5.74) is 0. The predicted molar refractivity (Wildman–Crippen MR) is 33.5 cm³/mol. The molecule has 0 spiro atoms. The Hall–Kier alpha value is -0.930. The average Bonchev–Trinajstić information content (AvgIpc) is 1.82. The van der Waals surface area contributed by atoms with E-state index in [1.54, 1.807) is 0 Å². The molecule has 0 saturated heterocycles. The van der Waals surface area contributed by atoms with Crippen molar-refractivity contribution in [2.24, 2.45) is 5.29 Å². The lowest BCUT2D eigenvalue weighted by atomic mass is 10.4. The molecule has 0 heterocycles. The minimum atomic E-state index is -0.299. The Morgan fingerprint density at radius 3 is 2.33 bits per heavy atom. The molecule has 9 heavy (non-hydrogen) atoms. The Morgan fingerprint density at radius 1 is 1.67 bits per heavy atom. The van der Waals surface area contributed by atoms with Crippen molar-refractivity contribution in [2.75, 3.05) is 6.54 Å². The van der Waals surface area contributed by atoms with E-state index < -0.39 is 0 Å². The number of hydrogen-bond donors (Lipinski definition) is 0. The van der Waals surface area contributed by atoms with E-state index in [9.17, 15) is 9.70 Å². The second-order valence-corrected chi connectivity index (χ2v) is 1.72. The molecule has 0 saturated carbocycles. The fourth-order valence-electron chi connectivity index (χ4n) is 0.468. The summed E-state index contributed by atoms with van der Waals surface area (Å²) >= 11 is 0. The van der Waals surface area contributed by atoms with Gasteiger partial charge in [0.15, 0.2) is 0 Å². The number of nitroso groups, excluding NO2 is 1. The molecule has 4 nitrogen and oxygen atoms in total. The Labute approximate surface area is 53.8 Å². The average molecular weight is 130 g/mol. The first-order chi connectivity index (χ1) is 4.22. The van der Waals surface area contributed by atoms with E-state index in [0.717, 1.165) is 11.4 Å². The van der Waals surface area contributed by atoms with Crippen LogP contribution in [-0.4, -0.2) is 17.5 Å². The van der Waals surface area contributed by atoms with Crippen LogP contribution in [-0.2, 0) is 4.79 Å². The number of rotatable bonds is 3. The molecule has 0 fully saturated rings. The predicted octanol–water partition coefficient (Wildman–Crippen LogP) is 0.926. The molecule has 0 aromatic carbocycles. The Balaban J connectivity index is 3.68. The molecule has 0 N–H and O–H groups in total. The standard InChI is InChI=1S/C5H10N2O2/c1-3-4-7(6-9)5(2)8/h3-4H2,1-2H3. The van der Waals surface area contributed by atoms with Crippen LogP contribution in [0, 0.1) is 4.91 Å². The maximum atomic E-state index is 10.4. The third-order valence-electron chi connectivity index (χ3n) is 0.897. The van der Waals surface area contributed by atoms with Gasteiger partial charge in [0.1, 0.15) is 0 Å². The topological polar surface area (TPSA) is 49.7 Å². The van der Waals surface area contributed by atoms with E-state index in [0.29, 0.717) is 6.54 Å². The third kappa shape index (κ3) is 2.79. The molecule has 4 heteroatoms. The van der Waals surface area contributed by atoms with Crippen LogP contribution in [0.4, 0.5) is 0 Å². The van der Waals surface area contributed by atoms with Crippen LogP contribution in [0.25, 0.3) is 0 Å². The Kier molecular flexibility index (Phi) is 3.59. The van der Waals surface area contributed by atoms with Gasteiger partial charge >= 0.3 is 0 Å². The van der Waals surface area contributed by atoms with E-state index >= 15 is 0 Å². The summed E-state index contributed by atoms with van der Waals surface area (Å²) in [6, 6.07) is 0. The maximum Gasteiger partial charge on any atom is 0.242 e. The van der Waals surface area contributed by atoms with Gasteiger partial charge in [-0.25, -0.2) is 0 Å². The first-order valence-corrected chi connectivity index (χ1v) is 2.83. The normalized spacial score (nSPS) is 8.67. The van der Waals surface area contributed by atoms with Gasteiger partial charge in [0, 0.05) is 13.5 Å². The van der Waals surface area contributed by atoms with Crippen molar-refractivity contribution in [1.82, 2.24) is 5.01 Å². The van der Waals surface area contributed by atoms with Crippen molar-refractivity contribution in [1.29, 1.82) is 0 Å². The number of carbonyl (C=O) groups excluding carboxylic acids is 1. The zero-order valence-electron chi connectivity index (χ0n) is 5.63. The van der Waals surface area contributed by atoms with Crippen LogP contribution in [0.15, 0.2) is 5.29 Å². The van der Waals surface area contributed by atoms with Crippen LogP contribution in [0.3, 0.4) is 0 Å². The third-order valence-corrected chi connectivity index (χ3v) is 0.897. The fraction of sp³-hybridized carbons (Fsp3) is 0.800. The molecule has 0 aromatic rings. The van der Waals surface area contributed by atoms with Crippen molar-refractivity contribution < 1.29 is 4.79 Å². The summed E-state index contributed by atoms with van der Waals surface area (Å²) in [5, 5.41) is 3.41. The van der Waals surface area contributed by atoms with Crippen molar-refractivity contribution >= 4 is 5.91 Å². The molecule has 0 bridgehead atoms. The molecule has 0 aliphatic rings. The SMILES string of the molecule is CCCN(N=O)C(C)=O. The lowest BCUT2D eigenvalue weighted by Gasteiger charge is -2.06. The highest BCUT2D eigenvalue weighted by Gasteiger charge is 2.04. The number of carbonyl (C=O) groups is 1. The van der Waals surface area contributed by atoms with E-state index in [2.05, 4.69) is 5.29 Å². The van der Waals surface area contributed by atoms with E-state index in [1.807, 2.05) is 6.92 Å². The van der Waals surface area contributed by atoms with Crippen LogP contribution in [0.1, 0.15) is 20.3 Å². The minimum absolute atomic E-state index is 0.299. The molecule has 0 unspecified atom stereocenters. The summed E-state index contributed by atoms with van der Waals surface area (Å²) in [4.78, 5) is 20.2. The molecule has 0 radical (unpaired) electrons. The zero-order valence-corrected chi connectivity index (χ0v) is 5.63. The van der Waals surface area contributed by atoms with E-state index in [1.165, 1.54) is 6.92 Å². The molecule has 0 aliphatic carbocycles. The lowest BCUT2D eigenvalue weighted by Crippen LogP contribution is -2.22. The number of amides is 1. The van der Waals surface area contributed by atoms with Crippen LogP contribution < -0.4 is 0 Å². The summed E-state index contributed by atoms with van der Waals surface area (Å²) < 4.78 is 0. The quantitative estimate of drug-likeness (QED) is 0.421. The number of hydrogen-bond acceptors (Lipinski definition) is 3. The minimum Gasteiger partial charge on any atom is -0.273 e. The smallest absolute Gasteiger partial charge is 0.242 e. The molecular formula is C5H10N2O2. The van der Waals surface area contributed by atoms with Crippen molar-refractivity contribution in [3.8, 4) is 0 Å². The van der Waals surface area contributed by atoms with Gasteiger partial charge in [0.05, 0.1) is 5.29 Å². The second kappa shape index (κ2) is 4.00. The van der Waals surface area contributed by atoms with Crippen LogP contribution in [0.5, 0.6) is 0 Å². The van der Waals surface area contributed by atoms with Gasteiger partial charge in [-0.15, -0.1) is 4.91 Å². The first-order valence-electron chi connectivity index (χ1n) is 2.83. The highest BCUT2D eigenvalue weighted by molar-refractivity contribution is 5.72. The summed E-state index contributed by atoms with van der Waals surface area (Å²) in [5.74, 6) is -0.299. The Bertz CT molecular complexity index is 114. The summed E-state index contributed by atoms with van der Waals surface area (Å²) in [6.45, 7) is 3.61. The van der Waals surface area contributed by atoms with Crippen LogP contribution >= 0.6 is 0 Å². The van der Waals surface area contributed by atoms with Gasteiger partial charge in [-0.2, -0.15) is 5.01 Å². The monoisotopic (exact) mass is 130 g/mol. The molecule has 0 aliphatic heterocycles. The van der Waals surface area contributed by atoms with Gasteiger partial charge in [-0.1, -0.05) is 6.92 Å². The van der Waals surface area contributed by atoms with E-state index in [4.69, 9.17) is 0 Å². The largest absolute Gasteiger partial charge is 0.273 e. The summed E-state index contributed by atoms with van der Waals surface area (Å²) in [7, 11) is 0. The highest BCUT2D eigenvalue weighted by Crippen LogP contribution is 1.90. The van der Waals surface area contributed by atoms with Crippen molar-refractivity contribution in [2.45, 2.75) is 20.3 Å². The summed E-state index contributed by atoms with van der Waals surface area (Å²) in [6.07, 6.45) is 0.755. The van der Waals surface area contributed by atoms with Gasteiger partial charge in [-0.05, 0) is 6.42 Å². The maximum absolute atomic E-state index is 10.4. The van der Waals surface area contributed by atoms with E-state index in [-0.39, 0.29) is 5.91 Å². The molecular weight excluding hydrogens is 120 g/mol. The Morgan fingerprint density at radius 2 is 2.22 bits per heavy atom. The lowest BCUT2D eigenvalue weighted by molar-refractivity contribution is -0.129.